The van der Waals surface area contributed by atoms with Crippen LogP contribution in [0.1, 0.15) is 22.8 Å². The lowest BCUT2D eigenvalue weighted by molar-refractivity contribution is -0.254. The van der Waals surface area contributed by atoms with Crippen molar-refractivity contribution in [2.75, 3.05) is 6.61 Å². The molecule has 4 heteroatoms. The van der Waals surface area contributed by atoms with Crippen LogP contribution in [0.4, 0.5) is 0 Å². The first-order chi connectivity index (χ1) is 13.1. The van der Waals surface area contributed by atoms with Crippen LogP contribution in [-0.4, -0.2) is 17.6 Å². The number of nitrogens with zero attached hydrogens (tertiary/aromatic N) is 1. The number of hydrogen-bond acceptors (Lipinski definition) is 4. The van der Waals surface area contributed by atoms with E-state index in [0.717, 1.165) is 21.9 Å². The van der Waals surface area contributed by atoms with Gasteiger partial charge in [-0.15, -0.1) is 0 Å². The topological polar surface area (TPSA) is 62.2 Å². The Bertz CT molecular complexity index is 1180. The van der Waals surface area contributed by atoms with E-state index in [2.05, 4.69) is 0 Å². The summed E-state index contributed by atoms with van der Waals surface area (Å²) in [7, 11) is 0. The van der Waals surface area contributed by atoms with E-state index in [0.29, 0.717) is 29.0 Å². The molecule has 0 unspecified atom stereocenters. The smallest absolute Gasteiger partial charge is 0.129 e. The molecule has 0 bridgehead atoms. The van der Waals surface area contributed by atoms with E-state index in [1.165, 1.54) is 0 Å². The minimum Gasteiger partial charge on any atom is -0.545 e. The standard InChI is InChI=1S/C23H19NO3/c1-3-27-20-12-11-15-8-4-5-9-16(15)21(20)19-13-18(23(25)26)17-10-6-7-14(2)22(17)24-19/h4-13H,3H2,1-2H3,(H,25,26)/p-1. The summed E-state index contributed by atoms with van der Waals surface area (Å²) < 4.78 is 5.84. The summed E-state index contributed by atoms with van der Waals surface area (Å²) in [5.74, 6) is -0.534. The van der Waals surface area contributed by atoms with Crippen LogP contribution >= 0.6 is 0 Å². The van der Waals surface area contributed by atoms with Crippen molar-refractivity contribution in [1.29, 1.82) is 0 Å². The largest absolute Gasteiger partial charge is 0.545 e. The third-order valence-corrected chi connectivity index (χ3v) is 4.71. The lowest BCUT2D eigenvalue weighted by Crippen LogP contribution is -2.23. The maximum atomic E-state index is 11.8. The third kappa shape index (κ3) is 2.89. The number of aryl methyl sites for hydroxylation is 1. The number of fused-ring (bicyclic) bond motifs is 2. The highest BCUT2D eigenvalue weighted by Gasteiger charge is 2.16. The van der Waals surface area contributed by atoms with Crippen LogP contribution < -0.4 is 9.84 Å². The second-order valence-electron chi connectivity index (χ2n) is 6.41. The SMILES string of the molecule is CCOc1ccc2ccccc2c1-c1cc(C(=O)[O-])c2cccc(C)c2n1. The van der Waals surface area contributed by atoms with Gasteiger partial charge in [-0.05, 0) is 42.3 Å². The number of hydrogen-bond donors (Lipinski definition) is 0. The molecule has 4 aromatic rings. The Morgan fingerprint density at radius 1 is 1.04 bits per heavy atom. The molecule has 0 amide bonds. The van der Waals surface area contributed by atoms with Gasteiger partial charge in [0.05, 0.1) is 29.4 Å². The molecular formula is C23H18NO3-. The third-order valence-electron chi connectivity index (χ3n) is 4.71. The van der Waals surface area contributed by atoms with Crippen molar-refractivity contribution in [3.8, 4) is 17.0 Å². The van der Waals surface area contributed by atoms with Crippen molar-refractivity contribution in [2.24, 2.45) is 0 Å². The number of carbonyl (C=O) groups is 1. The van der Waals surface area contributed by atoms with Crippen molar-refractivity contribution in [3.05, 3.63) is 71.8 Å². The van der Waals surface area contributed by atoms with Crippen molar-refractivity contribution in [3.63, 3.8) is 0 Å². The van der Waals surface area contributed by atoms with Gasteiger partial charge in [-0.3, -0.25) is 0 Å². The van der Waals surface area contributed by atoms with E-state index in [9.17, 15) is 9.90 Å². The first-order valence-corrected chi connectivity index (χ1v) is 8.86. The second-order valence-corrected chi connectivity index (χ2v) is 6.41. The van der Waals surface area contributed by atoms with Gasteiger partial charge in [0.2, 0.25) is 0 Å². The Morgan fingerprint density at radius 3 is 2.59 bits per heavy atom. The number of para-hydroxylation sites is 1. The first-order valence-electron chi connectivity index (χ1n) is 8.86. The zero-order chi connectivity index (χ0) is 19.0. The summed E-state index contributed by atoms with van der Waals surface area (Å²) in [6.45, 7) is 4.35. The Morgan fingerprint density at radius 2 is 1.81 bits per heavy atom. The fraction of sp³-hybridized carbons (Fsp3) is 0.130. The number of aromatic nitrogens is 1. The van der Waals surface area contributed by atoms with Gasteiger partial charge in [0.1, 0.15) is 5.75 Å². The Balaban J connectivity index is 2.12. The average Bonchev–Trinajstić information content (AvgIpc) is 2.67. The molecule has 4 rings (SSSR count). The monoisotopic (exact) mass is 356 g/mol. The first kappa shape index (κ1) is 17.0. The number of aromatic carboxylic acids is 1. The predicted molar refractivity (Wildman–Crippen MR) is 105 cm³/mol. The van der Waals surface area contributed by atoms with Gasteiger partial charge in [-0.1, -0.05) is 48.5 Å². The Labute approximate surface area is 157 Å². The van der Waals surface area contributed by atoms with Crippen LogP contribution in [0.5, 0.6) is 5.75 Å². The maximum absolute atomic E-state index is 11.8. The normalized spacial score (nSPS) is 11.0. The molecule has 3 aromatic carbocycles. The highest BCUT2D eigenvalue weighted by Crippen LogP contribution is 2.38. The van der Waals surface area contributed by atoms with Crippen molar-refractivity contribution < 1.29 is 14.6 Å². The fourth-order valence-electron chi connectivity index (χ4n) is 3.48. The Kier molecular flexibility index (Phi) is 4.24. The van der Waals surface area contributed by atoms with E-state index in [-0.39, 0.29) is 5.56 Å². The number of pyridine rings is 1. The summed E-state index contributed by atoms with van der Waals surface area (Å²) >= 11 is 0. The molecule has 0 saturated carbocycles. The molecule has 0 fully saturated rings. The van der Waals surface area contributed by atoms with Gasteiger partial charge in [-0.25, -0.2) is 4.98 Å². The summed E-state index contributed by atoms with van der Waals surface area (Å²) in [5, 5.41) is 14.4. The van der Waals surface area contributed by atoms with E-state index >= 15 is 0 Å². The molecule has 1 aromatic heterocycles. The van der Waals surface area contributed by atoms with Gasteiger partial charge in [0.25, 0.3) is 0 Å². The highest BCUT2D eigenvalue weighted by molar-refractivity contribution is 6.06. The summed E-state index contributed by atoms with van der Waals surface area (Å²) in [4.78, 5) is 16.6. The van der Waals surface area contributed by atoms with Crippen LogP contribution in [0, 0.1) is 6.92 Å². The van der Waals surface area contributed by atoms with Gasteiger partial charge in [0, 0.05) is 10.9 Å². The van der Waals surface area contributed by atoms with Gasteiger partial charge >= 0.3 is 0 Å². The zero-order valence-electron chi connectivity index (χ0n) is 15.2. The van der Waals surface area contributed by atoms with E-state index < -0.39 is 5.97 Å². The average molecular weight is 356 g/mol. The van der Waals surface area contributed by atoms with Gasteiger partial charge in [-0.2, -0.15) is 0 Å². The van der Waals surface area contributed by atoms with Crippen molar-refractivity contribution in [2.45, 2.75) is 13.8 Å². The van der Waals surface area contributed by atoms with Crippen LogP contribution in [0.25, 0.3) is 32.9 Å². The number of carbonyl (C=O) groups excluding carboxylic acids is 1. The quantitative estimate of drug-likeness (QED) is 0.552. The summed E-state index contributed by atoms with van der Waals surface area (Å²) in [6, 6.07) is 18.9. The molecule has 0 aliphatic rings. The zero-order valence-corrected chi connectivity index (χ0v) is 15.2. The maximum Gasteiger partial charge on any atom is 0.129 e. The minimum absolute atomic E-state index is 0.133. The summed E-state index contributed by atoms with van der Waals surface area (Å²) in [5.41, 5.74) is 3.06. The summed E-state index contributed by atoms with van der Waals surface area (Å²) in [6.07, 6.45) is 0. The van der Waals surface area contributed by atoms with E-state index in [4.69, 9.17) is 9.72 Å². The predicted octanol–water partition coefficient (Wildman–Crippen LogP) is 4.13. The van der Waals surface area contributed by atoms with E-state index in [1.807, 2.05) is 62.4 Å². The molecule has 0 radical (unpaired) electrons. The van der Waals surface area contributed by atoms with Crippen LogP contribution in [-0.2, 0) is 0 Å². The molecule has 0 N–H and O–H groups in total. The van der Waals surface area contributed by atoms with Gasteiger partial charge in [0.15, 0.2) is 0 Å². The molecule has 134 valence electrons. The van der Waals surface area contributed by atoms with Gasteiger partial charge < -0.3 is 14.6 Å². The number of carboxylic acid groups (broad SMARTS) is 1. The number of carboxylic acids is 1. The Hall–Kier alpha value is -3.40. The fourth-order valence-corrected chi connectivity index (χ4v) is 3.48. The number of ether oxygens (including phenoxy) is 1. The number of rotatable bonds is 4. The molecule has 0 spiro atoms. The minimum atomic E-state index is -1.22. The lowest BCUT2D eigenvalue weighted by Gasteiger charge is -2.16. The molecule has 4 nitrogen and oxygen atoms in total. The van der Waals surface area contributed by atoms with Crippen LogP contribution in [0.2, 0.25) is 0 Å². The highest BCUT2D eigenvalue weighted by atomic mass is 16.5. The lowest BCUT2D eigenvalue weighted by atomic mass is 9.97. The van der Waals surface area contributed by atoms with Crippen molar-refractivity contribution in [1.82, 2.24) is 4.98 Å². The van der Waals surface area contributed by atoms with Crippen LogP contribution in [0.3, 0.4) is 0 Å². The molecule has 0 saturated heterocycles. The molecule has 27 heavy (non-hydrogen) atoms. The van der Waals surface area contributed by atoms with Crippen molar-refractivity contribution >= 4 is 27.6 Å². The van der Waals surface area contributed by atoms with Crippen LogP contribution in [0.15, 0.2) is 60.7 Å². The number of benzene rings is 3. The van der Waals surface area contributed by atoms with E-state index in [1.54, 1.807) is 12.1 Å². The second kappa shape index (κ2) is 6.72. The molecule has 0 atom stereocenters. The molecule has 0 aliphatic heterocycles. The molecule has 1 heterocycles. The molecule has 0 aliphatic carbocycles. The molecular weight excluding hydrogens is 338 g/mol.